The van der Waals surface area contributed by atoms with Gasteiger partial charge >= 0.3 is 5.24 Å². The summed E-state index contributed by atoms with van der Waals surface area (Å²) in [5.74, 6) is 2.25. The highest BCUT2D eigenvalue weighted by atomic mass is 32.2. The van der Waals surface area contributed by atoms with Crippen molar-refractivity contribution in [3.05, 3.63) is 83.7 Å². The molecule has 1 aliphatic rings. The lowest BCUT2D eigenvalue weighted by molar-refractivity contribution is 0.222. The number of benzene rings is 3. The average molecular weight is 503 g/mol. The van der Waals surface area contributed by atoms with Gasteiger partial charge in [0.1, 0.15) is 17.4 Å². The molecule has 1 amide bonds. The fourth-order valence-electron chi connectivity index (χ4n) is 4.31. The zero-order valence-electron chi connectivity index (χ0n) is 20.4. The maximum absolute atomic E-state index is 13.6. The molecule has 2 heterocycles. The molecule has 5 rings (SSSR count). The second kappa shape index (κ2) is 10.1. The molecule has 0 fully saturated rings. The predicted octanol–water partition coefficient (Wildman–Crippen LogP) is 6.58. The van der Waals surface area contributed by atoms with Crippen molar-refractivity contribution in [2.45, 2.75) is 26.9 Å². The van der Waals surface area contributed by atoms with E-state index in [2.05, 4.69) is 29.6 Å². The van der Waals surface area contributed by atoms with E-state index in [4.69, 9.17) is 9.72 Å². The van der Waals surface area contributed by atoms with Crippen LogP contribution in [0.25, 0.3) is 22.4 Å². The molecule has 4 aromatic rings. The summed E-state index contributed by atoms with van der Waals surface area (Å²) in [4.78, 5) is 17.5. The predicted molar refractivity (Wildman–Crippen MR) is 143 cm³/mol. The molecular formula is C28H27FN4O2S. The molecule has 0 saturated carbocycles. The highest BCUT2D eigenvalue weighted by Crippen LogP contribution is 2.30. The Morgan fingerprint density at radius 3 is 2.67 bits per heavy atom. The van der Waals surface area contributed by atoms with Gasteiger partial charge in [0, 0.05) is 23.4 Å². The van der Waals surface area contributed by atoms with Crippen molar-refractivity contribution in [3.63, 3.8) is 0 Å². The van der Waals surface area contributed by atoms with Crippen LogP contribution in [0.2, 0.25) is 0 Å². The molecule has 6 nitrogen and oxygen atoms in total. The number of halogens is 1. The van der Waals surface area contributed by atoms with Crippen molar-refractivity contribution < 1.29 is 13.9 Å². The van der Waals surface area contributed by atoms with Crippen molar-refractivity contribution in [2.24, 2.45) is 11.0 Å². The number of rotatable bonds is 7. The van der Waals surface area contributed by atoms with Crippen molar-refractivity contribution in [1.29, 1.82) is 0 Å². The largest absolute Gasteiger partial charge is 0.497 e. The Hall–Kier alpha value is -3.65. The second-order valence-electron chi connectivity index (χ2n) is 9.16. The molecule has 0 N–H and O–H groups in total. The van der Waals surface area contributed by atoms with Crippen LogP contribution in [0, 0.1) is 11.7 Å². The lowest BCUT2D eigenvalue weighted by Gasteiger charge is -2.23. The number of hydrogen-bond acceptors (Lipinski definition) is 5. The lowest BCUT2D eigenvalue weighted by atomic mass is 10.1. The van der Waals surface area contributed by atoms with E-state index in [1.807, 2.05) is 36.4 Å². The van der Waals surface area contributed by atoms with E-state index in [0.717, 1.165) is 46.0 Å². The fourth-order valence-corrected chi connectivity index (χ4v) is 5.05. The fraction of sp³-hybridized carbons (Fsp3) is 0.250. The molecular weight excluding hydrogens is 475 g/mol. The number of hydrazone groups is 1. The number of thioether (sulfide) groups is 1. The van der Waals surface area contributed by atoms with Crippen LogP contribution in [0.3, 0.4) is 0 Å². The van der Waals surface area contributed by atoms with Crippen molar-refractivity contribution in [2.75, 3.05) is 12.9 Å². The van der Waals surface area contributed by atoms with Gasteiger partial charge in [0.25, 0.3) is 0 Å². The summed E-state index contributed by atoms with van der Waals surface area (Å²) in [6.45, 7) is 5.43. The summed E-state index contributed by atoms with van der Waals surface area (Å²) >= 11 is 1.20. The first-order valence-corrected chi connectivity index (χ1v) is 12.8. The van der Waals surface area contributed by atoms with Crippen LogP contribution in [0.15, 0.2) is 71.8 Å². The number of fused-ring (bicyclic) bond motifs is 1. The van der Waals surface area contributed by atoms with Gasteiger partial charge < -0.3 is 9.30 Å². The molecule has 1 aromatic heterocycles. The summed E-state index contributed by atoms with van der Waals surface area (Å²) < 4.78 is 21.3. The third-order valence-corrected chi connectivity index (χ3v) is 6.84. The molecule has 0 atom stereocenters. The minimum absolute atomic E-state index is 0.148. The number of ether oxygens (including phenoxy) is 1. The molecule has 0 bridgehead atoms. The van der Waals surface area contributed by atoms with E-state index >= 15 is 0 Å². The van der Waals surface area contributed by atoms with E-state index in [-0.39, 0.29) is 17.6 Å². The third-order valence-electron chi connectivity index (χ3n) is 5.96. The molecule has 0 radical (unpaired) electrons. The Kier molecular flexibility index (Phi) is 6.78. The monoisotopic (exact) mass is 502 g/mol. The number of carbonyl (C=O) groups is 1. The number of nitrogens with zero attached hydrogens (tertiary/aromatic N) is 4. The summed E-state index contributed by atoms with van der Waals surface area (Å²) in [5.41, 5.74) is 5.30. The Labute approximate surface area is 213 Å². The van der Waals surface area contributed by atoms with Gasteiger partial charge in [0.05, 0.1) is 30.4 Å². The Morgan fingerprint density at radius 2 is 1.89 bits per heavy atom. The maximum Gasteiger partial charge on any atom is 0.302 e. The first-order valence-electron chi connectivity index (χ1n) is 11.8. The number of amides is 1. The van der Waals surface area contributed by atoms with Crippen LogP contribution in [-0.2, 0) is 13.1 Å². The number of methoxy groups -OCH3 is 1. The van der Waals surface area contributed by atoms with Crippen LogP contribution < -0.4 is 4.74 Å². The summed E-state index contributed by atoms with van der Waals surface area (Å²) in [7, 11) is 1.66. The highest BCUT2D eigenvalue weighted by molar-refractivity contribution is 8.14. The van der Waals surface area contributed by atoms with Crippen molar-refractivity contribution in [3.8, 4) is 17.1 Å². The minimum Gasteiger partial charge on any atom is -0.497 e. The number of hydrogen-bond donors (Lipinski definition) is 0. The van der Waals surface area contributed by atoms with Crippen molar-refractivity contribution in [1.82, 2.24) is 14.6 Å². The molecule has 0 unspecified atom stereocenters. The first kappa shape index (κ1) is 24.1. The van der Waals surface area contributed by atoms with Gasteiger partial charge in [-0.05, 0) is 47.9 Å². The van der Waals surface area contributed by atoms with Crippen molar-refractivity contribution >= 4 is 33.7 Å². The van der Waals surface area contributed by atoms with E-state index in [1.165, 1.54) is 28.9 Å². The first-order chi connectivity index (χ1) is 17.4. The molecule has 0 spiro atoms. The van der Waals surface area contributed by atoms with E-state index in [1.54, 1.807) is 19.2 Å². The summed E-state index contributed by atoms with van der Waals surface area (Å²) in [5, 5.41) is 5.89. The van der Waals surface area contributed by atoms with Gasteiger partial charge in [0.15, 0.2) is 0 Å². The molecule has 8 heteroatoms. The minimum atomic E-state index is -0.330. The molecule has 1 aliphatic heterocycles. The Morgan fingerprint density at radius 1 is 1.06 bits per heavy atom. The number of carbonyl (C=O) groups excluding carboxylic acids is 1. The maximum atomic E-state index is 13.6. The lowest BCUT2D eigenvalue weighted by Crippen LogP contribution is -2.29. The van der Waals surface area contributed by atoms with Gasteiger partial charge in [-0.3, -0.25) is 4.79 Å². The Bertz CT molecular complexity index is 1460. The molecule has 36 heavy (non-hydrogen) atoms. The normalized spacial score (nSPS) is 14.0. The highest BCUT2D eigenvalue weighted by Gasteiger charge is 2.23. The van der Waals surface area contributed by atoms with Gasteiger partial charge in [-0.1, -0.05) is 55.9 Å². The zero-order valence-corrected chi connectivity index (χ0v) is 21.3. The second-order valence-corrected chi connectivity index (χ2v) is 10.1. The van der Waals surface area contributed by atoms with Gasteiger partial charge in [-0.2, -0.15) is 5.10 Å². The summed E-state index contributed by atoms with van der Waals surface area (Å²) in [6.07, 6.45) is 0. The van der Waals surface area contributed by atoms with E-state index < -0.39 is 0 Å². The molecule has 3 aromatic carbocycles. The van der Waals surface area contributed by atoms with Crippen LogP contribution in [0.1, 0.15) is 25.0 Å². The SMILES string of the molecule is COc1cccc(-c2nc3cc(C4=NN(Cc5cccc(F)c5)C(=O)SC4)ccc3n2CC(C)C)c1. The van der Waals surface area contributed by atoms with Gasteiger partial charge in [-0.25, -0.2) is 14.4 Å². The molecule has 184 valence electrons. The van der Waals surface area contributed by atoms with E-state index in [0.29, 0.717) is 17.2 Å². The smallest absolute Gasteiger partial charge is 0.302 e. The van der Waals surface area contributed by atoms with E-state index in [9.17, 15) is 9.18 Å². The molecule has 0 saturated heterocycles. The quantitative estimate of drug-likeness (QED) is 0.286. The standard InChI is InChI=1S/C28H27FN4O2S/c1-18(2)15-32-26-11-10-20(14-24(26)30-27(32)21-7-5-9-23(13-21)35-3)25-17-36-28(34)33(31-25)16-19-6-4-8-22(29)12-19/h4-14,18H,15-17H2,1-3H3. The summed E-state index contributed by atoms with van der Waals surface area (Å²) in [6, 6.07) is 20.3. The zero-order chi connectivity index (χ0) is 25.2. The Balaban J connectivity index is 1.52. The topological polar surface area (TPSA) is 59.7 Å². The van der Waals surface area contributed by atoms with Gasteiger partial charge in [-0.15, -0.1) is 0 Å². The number of imidazole rings is 1. The van der Waals surface area contributed by atoms with Crippen LogP contribution in [-0.4, -0.2) is 38.4 Å². The van der Waals surface area contributed by atoms with Crippen LogP contribution >= 0.6 is 11.8 Å². The van der Waals surface area contributed by atoms with Gasteiger partial charge in [0.2, 0.25) is 0 Å². The number of aromatic nitrogens is 2. The molecule has 0 aliphatic carbocycles. The van der Waals surface area contributed by atoms with Crippen LogP contribution in [0.4, 0.5) is 9.18 Å². The third kappa shape index (κ3) is 4.99. The van der Waals surface area contributed by atoms with Crippen LogP contribution in [0.5, 0.6) is 5.75 Å². The average Bonchev–Trinajstić information content (AvgIpc) is 3.22.